The van der Waals surface area contributed by atoms with Crippen molar-refractivity contribution >= 4 is 15.9 Å². The zero-order valence-electron chi connectivity index (χ0n) is 17.6. The van der Waals surface area contributed by atoms with Crippen molar-refractivity contribution in [1.82, 2.24) is 0 Å². The summed E-state index contributed by atoms with van der Waals surface area (Å²) in [5.74, 6) is 2.10. The Balaban J connectivity index is 1.67. The molecule has 0 bridgehead atoms. The van der Waals surface area contributed by atoms with Crippen LogP contribution in [-0.4, -0.2) is 5.11 Å². The van der Waals surface area contributed by atoms with Crippen molar-refractivity contribution in [3.63, 3.8) is 0 Å². The van der Waals surface area contributed by atoms with E-state index >= 15 is 0 Å². The van der Waals surface area contributed by atoms with Crippen molar-refractivity contribution in [1.29, 1.82) is 0 Å². The van der Waals surface area contributed by atoms with Crippen LogP contribution in [0.1, 0.15) is 75.2 Å². The van der Waals surface area contributed by atoms with Crippen LogP contribution in [0.4, 0.5) is 0 Å². The summed E-state index contributed by atoms with van der Waals surface area (Å²) in [6.07, 6.45) is 8.25. The van der Waals surface area contributed by atoms with Gasteiger partial charge in [0.05, 0.1) is 5.76 Å². The molecule has 5 heteroatoms. The molecule has 0 amide bonds. The van der Waals surface area contributed by atoms with Gasteiger partial charge in [-0.2, -0.15) is 0 Å². The first kappa shape index (κ1) is 21.2. The maximum atomic E-state index is 13.1. The molecule has 2 heterocycles. The Morgan fingerprint density at radius 2 is 2.00 bits per heavy atom. The molecule has 160 valence electrons. The molecule has 1 aromatic carbocycles. The minimum atomic E-state index is -0.820. The average molecular weight is 473 g/mol. The van der Waals surface area contributed by atoms with Crippen molar-refractivity contribution in [2.24, 2.45) is 5.92 Å². The van der Waals surface area contributed by atoms with E-state index in [0.29, 0.717) is 24.5 Å². The van der Waals surface area contributed by atoms with Gasteiger partial charge in [0.25, 0.3) is 0 Å². The van der Waals surface area contributed by atoms with E-state index in [0.717, 1.165) is 29.5 Å². The highest BCUT2D eigenvalue weighted by molar-refractivity contribution is 9.10. The summed E-state index contributed by atoms with van der Waals surface area (Å²) < 4.78 is 13.0. The normalized spacial score (nSPS) is 21.9. The van der Waals surface area contributed by atoms with Crippen LogP contribution in [0.5, 0.6) is 5.75 Å². The van der Waals surface area contributed by atoms with Gasteiger partial charge >= 0.3 is 5.63 Å². The van der Waals surface area contributed by atoms with Crippen LogP contribution in [-0.2, 0) is 16.8 Å². The van der Waals surface area contributed by atoms with Crippen molar-refractivity contribution in [2.45, 2.75) is 70.3 Å². The van der Waals surface area contributed by atoms with Crippen LogP contribution in [0.15, 0.2) is 55.9 Å². The summed E-state index contributed by atoms with van der Waals surface area (Å²) in [5.41, 5.74) is 0.157. The minimum Gasteiger partial charge on any atom is -0.507 e. The van der Waals surface area contributed by atoms with E-state index < -0.39 is 11.2 Å². The van der Waals surface area contributed by atoms with E-state index in [9.17, 15) is 9.90 Å². The molecule has 2 aromatic rings. The number of rotatable bonds is 8. The number of hydrogen-bond acceptors (Lipinski definition) is 4. The van der Waals surface area contributed by atoms with Gasteiger partial charge < -0.3 is 14.3 Å². The monoisotopic (exact) mass is 472 g/mol. The van der Waals surface area contributed by atoms with Gasteiger partial charge in [0.15, 0.2) is 0 Å². The maximum Gasteiger partial charge on any atom is 0.347 e. The maximum absolute atomic E-state index is 13.1. The summed E-state index contributed by atoms with van der Waals surface area (Å²) in [5, 5.41) is 10.9. The van der Waals surface area contributed by atoms with Crippen LogP contribution in [0.3, 0.4) is 0 Å². The second-order valence-corrected chi connectivity index (χ2v) is 9.68. The average Bonchev–Trinajstić information content (AvgIpc) is 3.44. The standard InChI is InChI=1S/C25H29BrO4/c1-3-11-25(12-10-16(2)30-25)23-21(27)15-22(29-24(23)28)19(13-17-4-5-17)14-18-6-8-20(26)9-7-18/h6-10,15,17,19,27H,3-5,11-14H2,1-2H3. The Bertz CT molecular complexity index is 987. The van der Waals surface area contributed by atoms with E-state index in [1.54, 1.807) is 6.07 Å². The van der Waals surface area contributed by atoms with Crippen molar-refractivity contribution in [2.75, 3.05) is 0 Å². The van der Waals surface area contributed by atoms with Gasteiger partial charge in [0.1, 0.15) is 22.7 Å². The highest BCUT2D eigenvalue weighted by atomic mass is 79.9. The third-order valence-corrected chi connectivity index (χ3v) is 6.78. The van der Waals surface area contributed by atoms with Gasteiger partial charge in [-0.25, -0.2) is 4.79 Å². The fourth-order valence-electron chi connectivity index (χ4n) is 4.62. The lowest BCUT2D eigenvalue weighted by Crippen LogP contribution is -2.32. The molecule has 30 heavy (non-hydrogen) atoms. The van der Waals surface area contributed by atoms with Crippen LogP contribution in [0.2, 0.25) is 0 Å². The molecule has 4 nitrogen and oxygen atoms in total. The largest absolute Gasteiger partial charge is 0.507 e. The molecule has 0 radical (unpaired) electrons. The Labute approximate surface area is 186 Å². The second-order valence-electron chi connectivity index (χ2n) is 8.77. The first-order valence-corrected chi connectivity index (χ1v) is 11.7. The predicted molar refractivity (Wildman–Crippen MR) is 121 cm³/mol. The molecule has 1 aliphatic carbocycles. The molecule has 1 fully saturated rings. The number of aromatic hydroxyl groups is 1. The summed E-state index contributed by atoms with van der Waals surface area (Å²) in [7, 11) is 0. The fraction of sp³-hybridized carbons (Fsp3) is 0.480. The van der Waals surface area contributed by atoms with Gasteiger partial charge in [-0.15, -0.1) is 0 Å². The molecule has 4 rings (SSSR count). The number of hydrogen-bond donors (Lipinski definition) is 1. The summed E-state index contributed by atoms with van der Waals surface area (Å²) in [6, 6.07) is 9.90. The lowest BCUT2D eigenvalue weighted by Gasteiger charge is -2.29. The molecule has 0 saturated heterocycles. The summed E-state index contributed by atoms with van der Waals surface area (Å²) in [6.45, 7) is 3.93. The molecule has 1 N–H and O–H groups in total. The van der Waals surface area contributed by atoms with Crippen molar-refractivity contribution in [3.05, 3.63) is 73.9 Å². The van der Waals surface area contributed by atoms with E-state index in [1.807, 2.05) is 25.1 Å². The lowest BCUT2D eigenvalue weighted by atomic mass is 9.86. The van der Waals surface area contributed by atoms with E-state index in [4.69, 9.17) is 9.15 Å². The number of benzene rings is 1. The summed E-state index contributed by atoms with van der Waals surface area (Å²) in [4.78, 5) is 13.1. The Morgan fingerprint density at radius 3 is 2.57 bits per heavy atom. The molecule has 1 aromatic heterocycles. The lowest BCUT2D eigenvalue weighted by molar-refractivity contribution is 0.00886. The topological polar surface area (TPSA) is 59.7 Å². The first-order chi connectivity index (χ1) is 14.4. The van der Waals surface area contributed by atoms with Gasteiger partial charge in [-0.1, -0.05) is 54.2 Å². The first-order valence-electron chi connectivity index (χ1n) is 10.9. The van der Waals surface area contributed by atoms with Crippen LogP contribution in [0, 0.1) is 5.92 Å². The highest BCUT2D eigenvalue weighted by Gasteiger charge is 2.42. The third kappa shape index (κ3) is 4.51. The third-order valence-electron chi connectivity index (χ3n) is 6.25. The number of ether oxygens (including phenoxy) is 1. The highest BCUT2D eigenvalue weighted by Crippen LogP contribution is 2.45. The van der Waals surface area contributed by atoms with Gasteiger partial charge in [-0.3, -0.25) is 0 Å². The number of halogens is 1. The predicted octanol–water partition coefficient (Wildman–Crippen LogP) is 6.55. The molecular weight excluding hydrogens is 444 g/mol. The number of allylic oxidation sites excluding steroid dienone is 1. The minimum absolute atomic E-state index is 0.00518. The smallest absolute Gasteiger partial charge is 0.347 e. The molecule has 2 atom stereocenters. The molecule has 2 unspecified atom stereocenters. The zero-order valence-corrected chi connectivity index (χ0v) is 19.2. The van der Waals surface area contributed by atoms with Gasteiger partial charge in [0, 0.05) is 22.9 Å². The van der Waals surface area contributed by atoms with E-state index in [-0.39, 0.29) is 17.2 Å². The second kappa shape index (κ2) is 8.62. The van der Waals surface area contributed by atoms with Crippen LogP contribution >= 0.6 is 15.9 Å². The molecule has 2 aliphatic rings. The molecule has 1 aliphatic heterocycles. The molecule has 1 saturated carbocycles. The van der Waals surface area contributed by atoms with Crippen LogP contribution in [0.25, 0.3) is 0 Å². The SMILES string of the molecule is CCCC1(c2c(O)cc(C(Cc3ccc(Br)cc3)CC3CC3)oc2=O)CC=C(C)O1. The Morgan fingerprint density at radius 1 is 1.27 bits per heavy atom. The Hall–Kier alpha value is -2.01. The Kier molecular flexibility index (Phi) is 6.10. The van der Waals surface area contributed by atoms with Crippen LogP contribution < -0.4 is 5.63 Å². The molecule has 0 spiro atoms. The fourth-order valence-corrected chi connectivity index (χ4v) is 4.88. The van der Waals surface area contributed by atoms with Crippen molar-refractivity contribution in [3.8, 4) is 5.75 Å². The van der Waals surface area contributed by atoms with Crippen molar-refractivity contribution < 1.29 is 14.3 Å². The molecular formula is C25H29BrO4. The van der Waals surface area contributed by atoms with Gasteiger partial charge in [0.2, 0.25) is 0 Å². The zero-order chi connectivity index (χ0) is 21.3. The van der Waals surface area contributed by atoms with E-state index in [2.05, 4.69) is 35.0 Å². The summed E-state index contributed by atoms with van der Waals surface area (Å²) >= 11 is 3.48. The van der Waals surface area contributed by atoms with Gasteiger partial charge in [-0.05, 0) is 55.9 Å². The quantitative estimate of drug-likeness (QED) is 0.472. The van der Waals surface area contributed by atoms with E-state index in [1.165, 1.54) is 18.4 Å².